The number of nitrogens with one attached hydrogen (secondary N) is 1. The second-order valence-electron chi connectivity index (χ2n) is 8.71. The fraction of sp³-hybridized carbons (Fsp3) is 0.500. The first-order valence-electron chi connectivity index (χ1n) is 10.6. The number of hydrogen-bond acceptors (Lipinski definition) is 4. The van der Waals surface area contributed by atoms with Crippen molar-refractivity contribution in [1.29, 1.82) is 0 Å². The molecule has 1 fully saturated rings. The van der Waals surface area contributed by atoms with Crippen molar-refractivity contribution in [3.8, 4) is 0 Å². The van der Waals surface area contributed by atoms with Gasteiger partial charge in [-0.2, -0.15) is 0 Å². The van der Waals surface area contributed by atoms with Gasteiger partial charge in [-0.25, -0.2) is 4.98 Å². The van der Waals surface area contributed by atoms with E-state index in [4.69, 9.17) is 0 Å². The summed E-state index contributed by atoms with van der Waals surface area (Å²) >= 11 is 0. The minimum atomic E-state index is -0.0346. The summed E-state index contributed by atoms with van der Waals surface area (Å²) < 4.78 is 0. The molecule has 2 aromatic rings. The van der Waals surface area contributed by atoms with Crippen molar-refractivity contribution in [2.45, 2.75) is 58.5 Å². The maximum Gasteiger partial charge on any atom is 0.253 e. The van der Waals surface area contributed by atoms with Gasteiger partial charge in [-0.15, -0.1) is 0 Å². The van der Waals surface area contributed by atoms with E-state index in [2.05, 4.69) is 72.1 Å². The zero-order valence-corrected chi connectivity index (χ0v) is 18.6. The Bertz CT molecular complexity index is 833. The minimum absolute atomic E-state index is 0.0265. The van der Waals surface area contributed by atoms with E-state index in [1.165, 1.54) is 0 Å². The summed E-state index contributed by atoms with van der Waals surface area (Å²) in [7, 11) is 4.05. The van der Waals surface area contributed by atoms with E-state index in [0.717, 1.165) is 47.6 Å². The van der Waals surface area contributed by atoms with Gasteiger partial charge in [-0.3, -0.25) is 4.79 Å². The molecule has 1 atom stereocenters. The van der Waals surface area contributed by atoms with Crippen LogP contribution in [0, 0.1) is 0 Å². The Morgan fingerprint density at radius 3 is 2.38 bits per heavy atom. The Morgan fingerprint density at radius 1 is 1.14 bits per heavy atom. The van der Waals surface area contributed by atoms with Gasteiger partial charge >= 0.3 is 0 Å². The van der Waals surface area contributed by atoms with Crippen LogP contribution >= 0.6 is 0 Å². The smallest absolute Gasteiger partial charge is 0.253 e. The number of pyridine rings is 1. The second-order valence-corrected chi connectivity index (χ2v) is 8.71. The first-order chi connectivity index (χ1) is 13.8. The molecule has 0 aliphatic carbocycles. The van der Waals surface area contributed by atoms with Gasteiger partial charge in [0.25, 0.3) is 5.91 Å². The van der Waals surface area contributed by atoms with Gasteiger partial charge in [0.05, 0.1) is 0 Å². The Morgan fingerprint density at radius 2 is 1.79 bits per heavy atom. The largest absolute Gasteiger partial charge is 0.378 e. The van der Waals surface area contributed by atoms with E-state index < -0.39 is 0 Å². The summed E-state index contributed by atoms with van der Waals surface area (Å²) in [5, 5.41) is 3.32. The van der Waals surface area contributed by atoms with Crippen LogP contribution in [0.25, 0.3) is 0 Å². The minimum Gasteiger partial charge on any atom is -0.378 e. The first-order valence-corrected chi connectivity index (χ1v) is 10.6. The van der Waals surface area contributed by atoms with Gasteiger partial charge in [0.2, 0.25) is 0 Å². The Kier molecular flexibility index (Phi) is 6.46. The third-order valence-electron chi connectivity index (χ3n) is 5.69. The molecule has 156 valence electrons. The highest BCUT2D eigenvalue weighted by Crippen LogP contribution is 2.29. The van der Waals surface area contributed by atoms with Gasteiger partial charge in [-0.1, -0.05) is 45.9 Å². The quantitative estimate of drug-likeness (QED) is 0.768. The fourth-order valence-electron chi connectivity index (χ4n) is 4.07. The molecule has 1 amide bonds. The molecule has 5 nitrogen and oxygen atoms in total. The summed E-state index contributed by atoms with van der Waals surface area (Å²) in [4.78, 5) is 22.3. The van der Waals surface area contributed by atoms with Crippen LogP contribution in [0.3, 0.4) is 0 Å². The summed E-state index contributed by atoms with van der Waals surface area (Å²) in [6.45, 7) is 9.49. The second kappa shape index (κ2) is 8.85. The SMILES string of the molecule is CC(C)c1cccc(C(C)C)c1C(=O)NC1CCCN1c1cc(N(C)C)ccn1. The molecule has 3 rings (SSSR count). The van der Waals surface area contributed by atoms with Crippen LogP contribution in [0.1, 0.15) is 73.9 Å². The molecule has 0 bridgehead atoms. The van der Waals surface area contributed by atoms with E-state index in [-0.39, 0.29) is 12.1 Å². The van der Waals surface area contributed by atoms with Crippen LogP contribution < -0.4 is 15.1 Å². The third kappa shape index (κ3) is 4.55. The molecule has 1 unspecified atom stereocenters. The van der Waals surface area contributed by atoms with Crippen LogP contribution in [0.5, 0.6) is 0 Å². The lowest BCUT2D eigenvalue weighted by molar-refractivity contribution is 0.0935. The molecular weight excluding hydrogens is 360 g/mol. The van der Waals surface area contributed by atoms with Crippen molar-refractivity contribution in [1.82, 2.24) is 10.3 Å². The fourth-order valence-corrected chi connectivity index (χ4v) is 4.07. The molecule has 1 aromatic carbocycles. The van der Waals surface area contributed by atoms with Gasteiger partial charge in [-0.05, 0) is 41.9 Å². The molecular formula is C24H34N4O. The molecule has 0 saturated carbocycles. The highest BCUT2D eigenvalue weighted by atomic mass is 16.1. The number of benzene rings is 1. The Hall–Kier alpha value is -2.56. The maximum atomic E-state index is 13.4. The lowest BCUT2D eigenvalue weighted by Gasteiger charge is -2.28. The lowest BCUT2D eigenvalue weighted by atomic mass is 9.88. The number of carbonyl (C=O) groups excluding carboxylic acids is 1. The summed E-state index contributed by atoms with van der Waals surface area (Å²) in [5.74, 6) is 1.54. The number of nitrogens with zero attached hydrogens (tertiary/aromatic N) is 3. The predicted octanol–water partition coefficient (Wildman–Crippen LogP) is 4.75. The van der Waals surface area contributed by atoms with Gasteiger partial charge in [0.1, 0.15) is 12.0 Å². The molecule has 1 aliphatic rings. The molecule has 29 heavy (non-hydrogen) atoms. The zero-order valence-electron chi connectivity index (χ0n) is 18.6. The number of aromatic nitrogens is 1. The summed E-state index contributed by atoms with van der Waals surface area (Å²) in [5.41, 5.74) is 4.19. The van der Waals surface area contributed by atoms with Gasteiger partial charge in [0, 0.05) is 44.2 Å². The van der Waals surface area contributed by atoms with E-state index in [1.54, 1.807) is 0 Å². The number of amides is 1. The molecule has 2 heterocycles. The number of hydrogen-bond donors (Lipinski definition) is 1. The molecule has 1 aromatic heterocycles. The van der Waals surface area contributed by atoms with Crippen molar-refractivity contribution in [3.63, 3.8) is 0 Å². The van der Waals surface area contributed by atoms with Crippen LogP contribution in [-0.4, -0.2) is 37.7 Å². The average Bonchev–Trinajstić information content (AvgIpc) is 3.15. The predicted molar refractivity (Wildman–Crippen MR) is 121 cm³/mol. The van der Waals surface area contributed by atoms with Gasteiger partial charge < -0.3 is 15.1 Å². The zero-order chi connectivity index (χ0) is 21.1. The van der Waals surface area contributed by atoms with Gasteiger partial charge in [0.15, 0.2) is 0 Å². The van der Waals surface area contributed by atoms with Crippen LogP contribution in [0.15, 0.2) is 36.5 Å². The van der Waals surface area contributed by atoms with Crippen molar-refractivity contribution in [3.05, 3.63) is 53.2 Å². The standard InChI is InChI=1S/C24H34N4O/c1-16(2)19-9-7-10-20(17(3)4)23(19)24(29)26-21-11-8-14-28(21)22-15-18(27(5)6)12-13-25-22/h7,9-10,12-13,15-17,21H,8,11,14H2,1-6H3,(H,26,29). The Labute approximate surface area is 175 Å². The van der Waals surface area contributed by atoms with Crippen molar-refractivity contribution in [2.75, 3.05) is 30.4 Å². The third-order valence-corrected chi connectivity index (χ3v) is 5.69. The number of rotatable bonds is 6. The van der Waals surface area contributed by atoms with E-state index in [9.17, 15) is 4.79 Å². The van der Waals surface area contributed by atoms with E-state index in [0.29, 0.717) is 11.8 Å². The van der Waals surface area contributed by atoms with Crippen LogP contribution in [0.4, 0.5) is 11.5 Å². The monoisotopic (exact) mass is 394 g/mol. The van der Waals surface area contributed by atoms with Crippen molar-refractivity contribution in [2.24, 2.45) is 0 Å². The molecule has 1 saturated heterocycles. The molecule has 1 N–H and O–H groups in total. The highest BCUT2D eigenvalue weighted by molar-refractivity contribution is 5.98. The normalized spacial score (nSPS) is 16.6. The lowest BCUT2D eigenvalue weighted by Crippen LogP contribution is -2.45. The molecule has 5 heteroatoms. The molecule has 1 aliphatic heterocycles. The molecule has 0 radical (unpaired) electrons. The first kappa shape index (κ1) is 21.2. The van der Waals surface area contributed by atoms with Crippen LogP contribution in [0.2, 0.25) is 0 Å². The number of anilines is 2. The van der Waals surface area contributed by atoms with Crippen molar-refractivity contribution >= 4 is 17.4 Å². The maximum absolute atomic E-state index is 13.4. The summed E-state index contributed by atoms with van der Waals surface area (Å²) in [6.07, 6.45) is 3.78. The average molecular weight is 395 g/mol. The highest BCUT2D eigenvalue weighted by Gasteiger charge is 2.29. The Balaban J connectivity index is 1.88. The van der Waals surface area contributed by atoms with E-state index >= 15 is 0 Å². The van der Waals surface area contributed by atoms with E-state index in [1.807, 2.05) is 26.4 Å². The van der Waals surface area contributed by atoms with Crippen LogP contribution in [-0.2, 0) is 0 Å². The summed E-state index contributed by atoms with van der Waals surface area (Å²) in [6, 6.07) is 10.3. The molecule has 0 spiro atoms. The van der Waals surface area contributed by atoms with Crippen molar-refractivity contribution < 1.29 is 4.79 Å². The topological polar surface area (TPSA) is 48.5 Å². The number of carbonyl (C=O) groups is 1.